The summed E-state index contributed by atoms with van der Waals surface area (Å²) in [5.41, 5.74) is 2.32. The van der Waals surface area contributed by atoms with E-state index in [1.165, 1.54) is 13.3 Å². The van der Waals surface area contributed by atoms with Crippen LogP contribution in [0.1, 0.15) is 29.4 Å². The topological polar surface area (TPSA) is 90.4 Å². The molecule has 0 bridgehead atoms. The molecule has 1 amide bonds. The maximum absolute atomic E-state index is 11.6. The van der Waals surface area contributed by atoms with Crippen LogP contribution in [-0.2, 0) is 9.53 Å². The fourth-order valence-electron chi connectivity index (χ4n) is 2.86. The molecule has 0 radical (unpaired) electrons. The van der Waals surface area contributed by atoms with E-state index in [1.807, 2.05) is 32.0 Å². The zero-order valence-corrected chi connectivity index (χ0v) is 15.0. The monoisotopic (exact) mass is 355 g/mol. The van der Waals surface area contributed by atoms with E-state index in [0.29, 0.717) is 25.3 Å². The second-order valence-electron chi connectivity index (χ2n) is 6.81. The second kappa shape index (κ2) is 7.11. The van der Waals surface area contributed by atoms with Crippen molar-refractivity contribution in [2.75, 3.05) is 20.3 Å². The predicted molar refractivity (Wildman–Crippen MR) is 94.8 cm³/mol. The highest BCUT2D eigenvalue weighted by molar-refractivity contribution is 5.87. The van der Waals surface area contributed by atoms with Gasteiger partial charge < -0.3 is 14.8 Å². The lowest BCUT2D eigenvalue weighted by Crippen LogP contribution is -2.27. The van der Waals surface area contributed by atoms with Gasteiger partial charge in [0.15, 0.2) is 5.69 Å². The number of hydrogen-bond acceptors (Lipinski definition) is 6. The van der Waals surface area contributed by atoms with Crippen LogP contribution in [0.2, 0.25) is 0 Å². The van der Waals surface area contributed by atoms with Crippen LogP contribution in [0, 0.1) is 12.3 Å². The van der Waals surface area contributed by atoms with Gasteiger partial charge in [-0.2, -0.15) is 0 Å². The lowest BCUT2D eigenvalue weighted by molar-refractivity contribution is -0.119. The minimum atomic E-state index is -0.524. The van der Waals surface area contributed by atoms with Gasteiger partial charge in [-0.1, -0.05) is 6.92 Å². The van der Waals surface area contributed by atoms with Gasteiger partial charge in [-0.15, -0.1) is 0 Å². The quantitative estimate of drug-likeness (QED) is 0.827. The molecule has 0 aliphatic carbocycles. The number of benzene rings is 1. The Morgan fingerprint density at radius 2 is 2.15 bits per heavy atom. The van der Waals surface area contributed by atoms with E-state index in [2.05, 4.69) is 20.0 Å². The molecule has 26 heavy (non-hydrogen) atoms. The highest BCUT2D eigenvalue weighted by atomic mass is 16.5. The minimum absolute atomic E-state index is 0.0623. The molecule has 1 aliphatic heterocycles. The fraction of sp³-hybridized carbons (Fsp3) is 0.368. The Hall–Kier alpha value is -2.96. The summed E-state index contributed by atoms with van der Waals surface area (Å²) in [7, 11) is 1.31. The Morgan fingerprint density at radius 1 is 1.35 bits per heavy atom. The highest BCUT2D eigenvalue weighted by Crippen LogP contribution is 2.29. The van der Waals surface area contributed by atoms with Crippen molar-refractivity contribution in [1.82, 2.24) is 15.3 Å². The third-order valence-corrected chi connectivity index (χ3v) is 4.38. The van der Waals surface area contributed by atoms with E-state index in [4.69, 9.17) is 4.74 Å². The smallest absolute Gasteiger partial charge is 0.358 e. The largest absolute Gasteiger partial charge is 0.493 e. The number of carbonyl (C=O) groups excluding carboxylic acids is 2. The number of carbonyl (C=O) groups is 2. The number of rotatable bonds is 5. The maximum Gasteiger partial charge on any atom is 0.358 e. The van der Waals surface area contributed by atoms with Crippen molar-refractivity contribution in [3.8, 4) is 17.0 Å². The van der Waals surface area contributed by atoms with E-state index in [9.17, 15) is 9.59 Å². The van der Waals surface area contributed by atoms with Crippen molar-refractivity contribution in [2.45, 2.75) is 20.3 Å². The molecule has 2 aromatic rings. The van der Waals surface area contributed by atoms with Crippen LogP contribution in [0.4, 0.5) is 0 Å². The number of esters is 1. The Labute approximate surface area is 151 Å². The molecule has 0 spiro atoms. The van der Waals surface area contributed by atoms with Crippen LogP contribution < -0.4 is 10.1 Å². The molecule has 136 valence electrons. The number of ether oxygens (including phenoxy) is 2. The Kier molecular flexibility index (Phi) is 4.88. The number of nitrogens with one attached hydrogen (secondary N) is 1. The van der Waals surface area contributed by atoms with Gasteiger partial charge >= 0.3 is 5.97 Å². The van der Waals surface area contributed by atoms with Crippen LogP contribution in [-0.4, -0.2) is 42.1 Å². The number of methoxy groups -OCH3 is 1. The van der Waals surface area contributed by atoms with Crippen molar-refractivity contribution < 1.29 is 19.1 Å². The van der Waals surface area contributed by atoms with Gasteiger partial charge in [0.2, 0.25) is 5.91 Å². The molecule has 7 heteroatoms. The molecule has 1 aromatic carbocycles. The molecule has 1 aromatic heterocycles. The fourth-order valence-corrected chi connectivity index (χ4v) is 2.86. The Morgan fingerprint density at radius 3 is 2.81 bits per heavy atom. The van der Waals surface area contributed by atoms with Gasteiger partial charge in [0.1, 0.15) is 5.75 Å². The second-order valence-corrected chi connectivity index (χ2v) is 6.81. The van der Waals surface area contributed by atoms with Crippen molar-refractivity contribution in [2.24, 2.45) is 5.41 Å². The van der Waals surface area contributed by atoms with Gasteiger partial charge in [-0.25, -0.2) is 9.78 Å². The molecule has 1 saturated heterocycles. The maximum atomic E-state index is 11.6. The zero-order valence-electron chi connectivity index (χ0n) is 15.0. The zero-order chi connectivity index (χ0) is 18.7. The number of hydrogen-bond donors (Lipinski definition) is 1. The van der Waals surface area contributed by atoms with Crippen LogP contribution in [0.25, 0.3) is 11.3 Å². The summed E-state index contributed by atoms with van der Waals surface area (Å²) in [5.74, 6) is 0.294. The van der Waals surface area contributed by atoms with E-state index >= 15 is 0 Å². The summed E-state index contributed by atoms with van der Waals surface area (Å²) in [6.45, 7) is 5.06. The average molecular weight is 355 g/mol. The van der Waals surface area contributed by atoms with E-state index < -0.39 is 5.97 Å². The van der Waals surface area contributed by atoms with Crippen LogP contribution >= 0.6 is 0 Å². The Bertz CT molecular complexity index is 852. The average Bonchev–Trinajstić information content (AvgIpc) is 2.99. The number of aromatic nitrogens is 2. The van der Waals surface area contributed by atoms with Crippen molar-refractivity contribution in [1.29, 1.82) is 0 Å². The van der Waals surface area contributed by atoms with Crippen molar-refractivity contribution in [3.05, 3.63) is 41.9 Å². The first-order chi connectivity index (χ1) is 12.4. The molecule has 1 fully saturated rings. The first kappa shape index (κ1) is 17.8. The molecule has 2 heterocycles. The van der Waals surface area contributed by atoms with Gasteiger partial charge in [-0.3, -0.25) is 9.78 Å². The van der Waals surface area contributed by atoms with Gasteiger partial charge in [0.05, 0.1) is 31.8 Å². The standard InChI is InChI=1S/C19H21N3O4/c1-12-6-13(14-8-20-9-15(22-14)18(24)25-3)4-5-16(12)26-11-19(2)7-17(23)21-10-19/h4-6,8-9H,7,10-11H2,1-3H3,(H,21,23). The summed E-state index contributed by atoms with van der Waals surface area (Å²) in [6, 6.07) is 5.67. The lowest BCUT2D eigenvalue weighted by atomic mass is 9.91. The summed E-state index contributed by atoms with van der Waals surface area (Å²) in [6.07, 6.45) is 3.44. The summed E-state index contributed by atoms with van der Waals surface area (Å²) in [5, 5.41) is 2.84. The normalized spacial score (nSPS) is 19.1. The summed E-state index contributed by atoms with van der Waals surface area (Å²) >= 11 is 0. The first-order valence-corrected chi connectivity index (χ1v) is 8.31. The van der Waals surface area contributed by atoms with E-state index in [0.717, 1.165) is 16.9 Å². The molecular weight excluding hydrogens is 334 g/mol. The number of amides is 1. The number of aryl methyl sites for hydroxylation is 1. The highest BCUT2D eigenvalue weighted by Gasteiger charge is 2.34. The third-order valence-electron chi connectivity index (χ3n) is 4.38. The summed E-state index contributed by atoms with van der Waals surface area (Å²) < 4.78 is 10.6. The molecular formula is C19H21N3O4. The first-order valence-electron chi connectivity index (χ1n) is 8.31. The van der Waals surface area contributed by atoms with Gasteiger partial charge in [0, 0.05) is 23.9 Å². The molecule has 1 N–H and O–H groups in total. The minimum Gasteiger partial charge on any atom is -0.493 e. The predicted octanol–water partition coefficient (Wildman–Crippen LogP) is 2.14. The molecule has 1 unspecified atom stereocenters. The third kappa shape index (κ3) is 3.82. The lowest BCUT2D eigenvalue weighted by Gasteiger charge is -2.22. The molecule has 7 nitrogen and oxygen atoms in total. The SMILES string of the molecule is COC(=O)c1cncc(-c2ccc(OCC3(C)CNC(=O)C3)c(C)c2)n1. The van der Waals surface area contributed by atoms with Crippen molar-refractivity contribution >= 4 is 11.9 Å². The molecule has 1 aliphatic rings. The van der Waals surface area contributed by atoms with E-state index in [-0.39, 0.29) is 17.0 Å². The molecule has 1 atom stereocenters. The Balaban J connectivity index is 1.75. The van der Waals surface area contributed by atoms with Crippen LogP contribution in [0.5, 0.6) is 5.75 Å². The van der Waals surface area contributed by atoms with E-state index in [1.54, 1.807) is 6.20 Å². The summed E-state index contributed by atoms with van der Waals surface area (Å²) in [4.78, 5) is 31.4. The van der Waals surface area contributed by atoms with Crippen LogP contribution in [0.3, 0.4) is 0 Å². The van der Waals surface area contributed by atoms with Crippen molar-refractivity contribution in [3.63, 3.8) is 0 Å². The molecule has 3 rings (SSSR count). The van der Waals surface area contributed by atoms with Gasteiger partial charge in [-0.05, 0) is 30.7 Å². The number of nitrogens with zero attached hydrogens (tertiary/aromatic N) is 2. The van der Waals surface area contributed by atoms with Gasteiger partial charge in [0.25, 0.3) is 0 Å². The molecule has 0 saturated carbocycles. The van der Waals surface area contributed by atoms with Crippen LogP contribution in [0.15, 0.2) is 30.6 Å².